The number of rotatable bonds is 6. The molecule has 0 saturated heterocycles. The van der Waals surface area contributed by atoms with Crippen LogP contribution in [0.15, 0.2) is 24.3 Å². The summed E-state index contributed by atoms with van der Waals surface area (Å²) in [5.41, 5.74) is 0.980. The molecule has 0 N–H and O–H groups in total. The van der Waals surface area contributed by atoms with E-state index < -0.39 is 6.10 Å². The highest BCUT2D eigenvalue weighted by Gasteiger charge is 2.21. The van der Waals surface area contributed by atoms with Gasteiger partial charge in [0.05, 0.1) is 13.7 Å². The number of hydrogen-bond acceptors (Lipinski definition) is 4. The van der Waals surface area contributed by atoms with Gasteiger partial charge in [0.1, 0.15) is 11.9 Å². The third kappa shape index (κ3) is 5.34. The third-order valence-electron chi connectivity index (χ3n) is 4.05. The molecule has 22 heavy (non-hydrogen) atoms. The average molecular weight is 306 g/mol. The lowest BCUT2D eigenvalue weighted by Gasteiger charge is -2.19. The van der Waals surface area contributed by atoms with Gasteiger partial charge in [0.2, 0.25) is 0 Å². The normalized spacial score (nSPS) is 17.5. The Morgan fingerprint density at radius 2 is 1.95 bits per heavy atom. The minimum Gasteiger partial charge on any atom is -0.497 e. The quantitative estimate of drug-likeness (QED) is 0.591. The van der Waals surface area contributed by atoms with Gasteiger partial charge in [-0.3, -0.25) is 0 Å². The SMILES string of the molecule is COc1cccc(COC(C)C(=O)OC2CCCCCC2)c1. The Kier molecular flexibility index (Phi) is 6.72. The molecule has 4 nitrogen and oxygen atoms in total. The van der Waals surface area contributed by atoms with Crippen LogP contribution in [-0.4, -0.2) is 25.3 Å². The largest absolute Gasteiger partial charge is 0.497 e. The summed E-state index contributed by atoms with van der Waals surface area (Å²) in [6, 6.07) is 7.65. The van der Waals surface area contributed by atoms with Crippen LogP contribution in [0.4, 0.5) is 0 Å². The van der Waals surface area contributed by atoms with Crippen molar-refractivity contribution in [2.45, 2.75) is 64.3 Å². The predicted octanol–water partition coefficient (Wildman–Crippen LogP) is 3.87. The summed E-state index contributed by atoms with van der Waals surface area (Å²) in [5.74, 6) is 0.532. The van der Waals surface area contributed by atoms with Crippen molar-refractivity contribution in [1.29, 1.82) is 0 Å². The zero-order valence-electron chi connectivity index (χ0n) is 13.5. The van der Waals surface area contributed by atoms with Gasteiger partial charge < -0.3 is 14.2 Å². The van der Waals surface area contributed by atoms with Crippen molar-refractivity contribution in [3.8, 4) is 5.75 Å². The molecule has 1 saturated carbocycles. The van der Waals surface area contributed by atoms with Crippen molar-refractivity contribution < 1.29 is 19.0 Å². The molecule has 1 atom stereocenters. The van der Waals surface area contributed by atoms with E-state index in [1.54, 1.807) is 14.0 Å². The van der Waals surface area contributed by atoms with Gasteiger partial charge in [-0.25, -0.2) is 4.79 Å². The summed E-state index contributed by atoms with van der Waals surface area (Å²) in [4.78, 5) is 12.1. The zero-order valence-corrected chi connectivity index (χ0v) is 13.5. The minimum absolute atomic E-state index is 0.0675. The summed E-state index contributed by atoms with van der Waals surface area (Å²) in [6.07, 6.45) is 6.27. The molecule has 0 aromatic heterocycles. The summed E-state index contributed by atoms with van der Waals surface area (Å²) >= 11 is 0. The molecule has 4 heteroatoms. The van der Waals surface area contributed by atoms with Gasteiger partial charge >= 0.3 is 5.97 Å². The molecule has 0 amide bonds. The number of benzene rings is 1. The first-order valence-electron chi connectivity index (χ1n) is 8.14. The van der Waals surface area contributed by atoms with Crippen LogP contribution in [0.3, 0.4) is 0 Å². The van der Waals surface area contributed by atoms with Crippen molar-refractivity contribution in [1.82, 2.24) is 0 Å². The van der Waals surface area contributed by atoms with Crippen LogP contribution in [0, 0.1) is 0 Å². The molecular weight excluding hydrogens is 280 g/mol. The zero-order chi connectivity index (χ0) is 15.8. The Hall–Kier alpha value is -1.55. The number of carbonyl (C=O) groups is 1. The van der Waals surface area contributed by atoms with Gasteiger partial charge in [-0.1, -0.05) is 25.0 Å². The first-order chi connectivity index (χ1) is 10.7. The maximum Gasteiger partial charge on any atom is 0.335 e. The maximum absolute atomic E-state index is 12.1. The van der Waals surface area contributed by atoms with Crippen LogP contribution in [0.5, 0.6) is 5.75 Å². The lowest BCUT2D eigenvalue weighted by atomic mass is 10.1. The van der Waals surface area contributed by atoms with Crippen LogP contribution in [0.25, 0.3) is 0 Å². The molecule has 1 aliphatic rings. The molecular formula is C18H26O4. The molecule has 2 rings (SSSR count). The van der Waals surface area contributed by atoms with E-state index in [0.29, 0.717) is 6.61 Å². The minimum atomic E-state index is -0.547. The van der Waals surface area contributed by atoms with E-state index in [0.717, 1.165) is 37.0 Å². The molecule has 1 aromatic carbocycles. The molecule has 0 heterocycles. The summed E-state index contributed by atoms with van der Waals surface area (Å²) in [5, 5.41) is 0. The second kappa shape index (κ2) is 8.79. The van der Waals surface area contributed by atoms with Crippen molar-refractivity contribution in [3.63, 3.8) is 0 Å². The Morgan fingerprint density at radius 1 is 1.23 bits per heavy atom. The molecule has 1 aliphatic carbocycles. The van der Waals surface area contributed by atoms with Crippen LogP contribution < -0.4 is 4.74 Å². The van der Waals surface area contributed by atoms with Gasteiger partial charge in [-0.15, -0.1) is 0 Å². The molecule has 0 bridgehead atoms. The van der Waals surface area contributed by atoms with E-state index in [2.05, 4.69) is 0 Å². The van der Waals surface area contributed by atoms with E-state index in [1.807, 2.05) is 24.3 Å². The Morgan fingerprint density at radius 3 is 2.64 bits per heavy atom. The van der Waals surface area contributed by atoms with Gasteiger partial charge in [-0.2, -0.15) is 0 Å². The number of carbonyl (C=O) groups excluding carboxylic acids is 1. The highest BCUT2D eigenvalue weighted by atomic mass is 16.6. The van der Waals surface area contributed by atoms with Gasteiger partial charge in [0.15, 0.2) is 6.10 Å². The Labute approximate surface area is 132 Å². The van der Waals surface area contributed by atoms with E-state index >= 15 is 0 Å². The second-order valence-corrected chi connectivity index (χ2v) is 5.86. The third-order valence-corrected chi connectivity index (χ3v) is 4.05. The van der Waals surface area contributed by atoms with Crippen molar-refractivity contribution in [2.75, 3.05) is 7.11 Å². The average Bonchev–Trinajstić information content (AvgIpc) is 2.81. The highest BCUT2D eigenvalue weighted by Crippen LogP contribution is 2.20. The molecule has 1 unspecified atom stereocenters. The van der Waals surface area contributed by atoms with Crippen LogP contribution in [-0.2, 0) is 20.9 Å². The van der Waals surface area contributed by atoms with E-state index in [1.165, 1.54) is 12.8 Å². The lowest BCUT2D eigenvalue weighted by molar-refractivity contribution is -0.162. The molecule has 0 radical (unpaired) electrons. The molecule has 1 fully saturated rings. The fourth-order valence-corrected chi connectivity index (χ4v) is 2.67. The Bertz CT molecular complexity index is 464. The van der Waals surface area contributed by atoms with Gasteiger partial charge in [0, 0.05) is 0 Å². The van der Waals surface area contributed by atoms with Crippen molar-refractivity contribution in [3.05, 3.63) is 29.8 Å². The number of ether oxygens (including phenoxy) is 3. The van der Waals surface area contributed by atoms with Crippen LogP contribution >= 0.6 is 0 Å². The van der Waals surface area contributed by atoms with E-state index in [9.17, 15) is 4.79 Å². The smallest absolute Gasteiger partial charge is 0.335 e. The maximum atomic E-state index is 12.1. The molecule has 122 valence electrons. The fourth-order valence-electron chi connectivity index (χ4n) is 2.67. The topological polar surface area (TPSA) is 44.8 Å². The fraction of sp³-hybridized carbons (Fsp3) is 0.611. The van der Waals surface area contributed by atoms with Gasteiger partial charge in [-0.05, 0) is 50.3 Å². The van der Waals surface area contributed by atoms with Crippen molar-refractivity contribution in [2.24, 2.45) is 0 Å². The van der Waals surface area contributed by atoms with E-state index in [-0.39, 0.29) is 12.1 Å². The van der Waals surface area contributed by atoms with Crippen molar-refractivity contribution >= 4 is 5.97 Å². The van der Waals surface area contributed by atoms with Gasteiger partial charge in [0.25, 0.3) is 0 Å². The number of esters is 1. The second-order valence-electron chi connectivity index (χ2n) is 5.86. The Balaban J connectivity index is 1.77. The van der Waals surface area contributed by atoms with Crippen LogP contribution in [0.2, 0.25) is 0 Å². The molecule has 1 aromatic rings. The predicted molar refractivity (Wildman–Crippen MR) is 84.8 cm³/mol. The summed E-state index contributed by atoms with van der Waals surface area (Å²) in [7, 11) is 1.63. The standard InChI is InChI=1S/C18H26O4/c1-14(18(19)22-16-9-5-3-4-6-10-16)21-13-15-8-7-11-17(12-15)20-2/h7-8,11-12,14,16H,3-6,9-10,13H2,1-2H3. The highest BCUT2D eigenvalue weighted by molar-refractivity contribution is 5.74. The first kappa shape index (κ1) is 16.8. The molecule has 0 spiro atoms. The summed E-state index contributed by atoms with van der Waals surface area (Å²) < 4.78 is 16.4. The lowest BCUT2D eigenvalue weighted by Crippen LogP contribution is -2.28. The van der Waals surface area contributed by atoms with Crippen LogP contribution in [0.1, 0.15) is 51.0 Å². The number of hydrogen-bond donors (Lipinski definition) is 0. The first-order valence-corrected chi connectivity index (χ1v) is 8.14. The monoisotopic (exact) mass is 306 g/mol. The van der Waals surface area contributed by atoms with E-state index in [4.69, 9.17) is 14.2 Å². The number of methoxy groups -OCH3 is 1. The summed E-state index contributed by atoms with van der Waals surface area (Å²) in [6.45, 7) is 2.12. The molecule has 0 aliphatic heterocycles.